The Kier molecular flexibility index (Phi) is 3.56. The molecule has 4 heteroatoms. The molecule has 4 nitrogen and oxygen atoms in total. The number of carbonyl (C=O) groups excluding carboxylic acids is 2. The number of aliphatic imine (C=N–C) groups is 1. The summed E-state index contributed by atoms with van der Waals surface area (Å²) in [7, 11) is 0. The van der Waals surface area contributed by atoms with Crippen molar-refractivity contribution in [2.45, 2.75) is 6.92 Å². The van der Waals surface area contributed by atoms with Crippen LogP contribution in [0.1, 0.15) is 6.92 Å². The van der Waals surface area contributed by atoms with E-state index >= 15 is 0 Å². The predicted octanol–water partition coefficient (Wildman–Crippen LogP) is 0.867. The number of carbonyl (C=O) groups is 1. The van der Waals surface area contributed by atoms with Crippen LogP contribution in [0.5, 0.6) is 0 Å². The number of isocyanates is 1. The Morgan fingerprint density at radius 1 is 1.73 bits per heavy atom. The molecule has 0 heterocycles. The number of allylic oxidation sites excluding steroid dienone is 1. The molecule has 0 saturated heterocycles. The molecule has 0 aliphatic heterocycles. The molecule has 0 aliphatic carbocycles. The molecule has 0 unspecified atom stereocenters. The molecule has 0 spiro atoms. The first-order valence-electron chi connectivity index (χ1n) is 2.76. The van der Waals surface area contributed by atoms with E-state index in [1.54, 1.807) is 0 Å². The third-order valence-electron chi connectivity index (χ3n) is 0.860. The summed E-state index contributed by atoms with van der Waals surface area (Å²) in [5.41, 5.74) is 0.180. The summed E-state index contributed by atoms with van der Waals surface area (Å²) in [6, 6.07) is 0. The lowest BCUT2D eigenvalue weighted by molar-refractivity contribution is -0.114. The Balaban J connectivity index is 4.48. The van der Waals surface area contributed by atoms with E-state index in [0.717, 1.165) is 12.3 Å². The maximum Gasteiger partial charge on any atom is 0.240 e. The van der Waals surface area contributed by atoms with Gasteiger partial charge in [0.25, 0.3) is 0 Å². The average Bonchev–Trinajstić information content (AvgIpc) is 1.98. The molecule has 0 rings (SSSR count). The van der Waals surface area contributed by atoms with Crippen molar-refractivity contribution in [3.8, 4) is 0 Å². The number of aliphatic hydroxyl groups excluding tert-OH is 1. The van der Waals surface area contributed by atoms with Crippen molar-refractivity contribution < 1.29 is 14.7 Å². The highest BCUT2D eigenvalue weighted by atomic mass is 16.3. The third-order valence-corrected chi connectivity index (χ3v) is 0.860. The normalized spacial score (nSPS) is 10.1. The number of hydrogen-bond donors (Lipinski definition) is 1. The summed E-state index contributed by atoms with van der Waals surface area (Å²) in [5, 5.41) is 8.80. The molecular weight excluding hydrogens is 146 g/mol. The molecule has 0 aromatic carbocycles. The first kappa shape index (κ1) is 9.33. The Morgan fingerprint density at radius 3 is 2.64 bits per heavy atom. The van der Waals surface area contributed by atoms with Crippen molar-refractivity contribution in [1.29, 1.82) is 0 Å². The zero-order valence-electron chi connectivity index (χ0n) is 6.00. The average molecular weight is 153 g/mol. The third kappa shape index (κ3) is 3.13. The highest BCUT2D eigenvalue weighted by Gasteiger charge is 2.06. The lowest BCUT2D eigenvalue weighted by Gasteiger charge is -1.93. The van der Waals surface area contributed by atoms with E-state index in [1.807, 2.05) is 0 Å². The van der Waals surface area contributed by atoms with Crippen molar-refractivity contribution in [3.63, 3.8) is 0 Å². The molecule has 11 heavy (non-hydrogen) atoms. The second kappa shape index (κ2) is 4.19. The standard InChI is InChI=1S/C7H7NO3/c1-5(2)7(11)6(10)3-8-4-9/h3,10H,1H2,2H3. The topological polar surface area (TPSA) is 66.7 Å². The van der Waals surface area contributed by atoms with Crippen LogP contribution in [-0.4, -0.2) is 17.0 Å². The Hall–Kier alpha value is -1.67. The molecule has 0 saturated carbocycles. The van der Waals surface area contributed by atoms with Gasteiger partial charge < -0.3 is 5.11 Å². The van der Waals surface area contributed by atoms with E-state index in [-0.39, 0.29) is 5.57 Å². The molecule has 0 aliphatic rings. The maximum absolute atomic E-state index is 10.7. The van der Waals surface area contributed by atoms with Gasteiger partial charge in [-0.2, -0.15) is 4.99 Å². The van der Waals surface area contributed by atoms with Gasteiger partial charge in [0, 0.05) is 0 Å². The minimum Gasteiger partial charge on any atom is -0.503 e. The van der Waals surface area contributed by atoms with Gasteiger partial charge in [0.2, 0.25) is 11.9 Å². The van der Waals surface area contributed by atoms with Gasteiger partial charge in [-0.15, -0.1) is 0 Å². The summed E-state index contributed by atoms with van der Waals surface area (Å²) < 4.78 is 0. The first-order chi connectivity index (χ1) is 5.09. The molecule has 0 atom stereocenters. The van der Waals surface area contributed by atoms with Crippen molar-refractivity contribution in [2.24, 2.45) is 4.99 Å². The number of hydrogen-bond acceptors (Lipinski definition) is 4. The van der Waals surface area contributed by atoms with Crippen molar-refractivity contribution in [2.75, 3.05) is 0 Å². The van der Waals surface area contributed by atoms with Crippen LogP contribution in [0.25, 0.3) is 0 Å². The number of aliphatic hydroxyl groups is 1. The Morgan fingerprint density at radius 2 is 2.27 bits per heavy atom. The molecule has 1 N–H and O–H groups in total. The summed E-state index contributed by atoms with van der Waals surface area (Å²) in [6.07, 6.45) is 1.88. The molecule has 0 aromatic heterocycles. The fourth-order valence-electron chi connectivity index (χ4n) is 0.365. The molecule has 58 valence electrons. The van der Waals surface area contributed by atoms with Crippen LogP contribution in [0.4, 0.5) is 0 Å². The van der Waals surface area contributed by atoms with Gasteiger partial charge in [-0.05, 0) is 12.5 Å². The fraction of sp³-hybridized carbons (Fsp3) is 0.143. The van der Waals surface area contributed by atoms with Gasteiger partial charge in [0.15, 0.2) is 5.76 Å². The van der Waals surface area contributed by atoms with Crippen LogP contribution in [0.2, 0.25) is 0 Å². The van der Waals surface area contributed by atoms with E-state index in [1.165, 1.54) is 6.92 Å². The van der Waals surface area contributed by atoms with Gasteiger partial charge in [-0.1, -0.05) is 6.58 Å². The second-order valence-corrected chi connectivity index (χ2v) is 1.84. The summed E-state index contributed by atoms with van der Waals surface area (Å²) in [4.78, 5) is 23.2. The lowest BCUT2D eigenvalue weighted by atomic mass is 10.2. The highest BCUT2D eigenvalue weighted by Crippen LogP contribution is 1.99. The lowest BCUT2D eigenvalue weighted by Crippen LogP contribution is -2.01. The van der Waals surface area contributed by atoms with Crippen LogP contribution in [0.3, 0.4) is 0 Å². The number of Topliss-reactive ketones (excluding diaryl/α,β-unsaturated/α-hetero) is 1. The Bertz CT molecular complexity index is 259. The van der Waals surface area contributed by atoms with Crippen LogP contribution >= 0.6 is 0 Å². The van der Waals surface area contributed by atoms with E-state index in [0.29, 0.717) is 0 Å². The van der Waals surface area contributed by atoms with Crippen molar-refractivity contribution >= 4 is 11.9 Å². The molecular formula is C7H7NO3. The zero-order valence-corrected chi connectivity index (χ0v) is 6.00. The minimum atomic E-state index is -0.635. The van der Waals surface area contributed by atoms with E-state index in [9.17, 15) is 9.59 Å². The maximum atomic E-state index is 10.7. The molecule has 0 aromatic rings. The van der Waals surface area contributed by atoms with Gasteiger partial charge in [0.1, 0.15) is 0 Å². The van der Waals surface area contributed by atoms with Gasteiger partial charge >= 0.3 is 0 Å². The molecule has 0 fully saturated rings. The summed E-state index contributed by atoms with van der Waals surface area (Å²) in [5.74, 6) is -1.25. The molecule has 0 radical (unpaired) electrons. The van der Waals surface area contributed by atoms with Gasteiger partial charge in [-0.3, -0.25) is 4.79 Å². The van der Waals surface area contributed by atoms with E-state index in [2.05, 4.69) is 11.6 Å². The number of nitrogens with zero attached hydrogens (tertiary/aromatic N) is 1. The van der Waals surface area contributed by atoms with Crippen LogP contribution in [0, 0.1) is 0 Å². The van der Waals surface area contributed by atoms with Gasteiger partial charge in [-0.25, -0.2) is 4.79 Å². The van der Waals surface area contributed by atoms with E-state index in [4.69, 9.17) is 5.11 Å². The zero-order chi connectivity index (χ0) is 8.85. The quantitative estimate of drug-likeness (QED) is 0.283. The largest absolute Gasteiger partial charge is 0.503 e. The molecule has 0 amide bonds. The highest BCUT2D eigenvalue weighted by molar-refractivity contribution is 6.05. The molecule has 0 bridgehead atoms. The fourth-order valence-corrected chi connectivity index (χ4v) is 0.365. The smallest absolute Gasteiger partial charge is 0.240 e. The van der Waals surface area contributed by atoms with Crippen LogP contribution in [0.15, 0.2) is 29.1 Å². The summed E-state index contributed by atoms with van der Waals surface area (Å²) >= 11 is 0. The van der Waals surface area contributed by atoms with Crippen LogP contribution in [-0.2, 0) is 9.59 Å². The Labute approximate surface area is 63.6 Å². The predicted molar refractivity (Wildman–Crippen MR) is 38.7 cm³/mol. The second-order valence-electron chi connectivity index (χ2n) is 1.84. The number of rotatable bonds is 3. The monoisotopic (exact) mass is 153 g/mol. The minimum absolute atomic E-state index is 0.180. The van der Waals surface area contributed by atoms with Crippen molar-refractivity contribution in [3.05, 3.63) is 24.1 Å². The van der Waals surface area contributed by atoms with Crippen molar-refractivity contribution in [1.82, 2.24) is 0 Å². The van der Waals surface area contributed by atoms with Gasteiger partial charge in [0.05, 0.1) is 6.20 Å². The SMILES string of the molecule is C=C(C)C(=O)C(O)=CN=C=O. The number of ketones is 1. The first-order valence-corrected chi connectivity index (χ1v) is 2.76. The summed E-state index contributed by atoms with van der Waals surface area (Å²) in [6.45, 7) is 4.74. The van der Waals surface area contributed by atoms with E-state index < -0.39 is 11.5 Å². The van der Waals surface area contributed by atoms with Crippen LogP contribution < -0.4 is 0 Å².